The van der Waals surface area contributed by atoms with E-state index in [2.05, 4.69) is 10.00 Å². The molecule has 1 fully saturated rings. The van der Waals surface area contributed by atoms with Gasteiger partial charge in [0, 0.05) is 37.8 Å². The molecule has 7 nitrogen and oxygen atoms in total. The van der Waals surface area contributed by atoms with E-state index >= 15 is 0 Å². The number of hydrogen-bond donors (Lipinski definition) is 0. The van der Waals surface area contributed by atoms with Crippen LogP contribution in [0.25, 0.3) is 5.69 Å². The Balaban J connectivity index is 1.49. The molecular weight excluding hydrogens is 416 g/mol. The Morgan fingerprint density at radius 2 is 1.73 bits per heavy atom. The number of ether oxygens (including phenoxy) is 1. The third kappa shape index (κ3) is 5.08. The lowest BCUT2D eigenvalue weighted by Gasteiger charge is -2.23. The van der Waals surface area contributed by atoms with Crippen molar-refractivity contribution in [2.24, 2.45) is 0 Å². The highest BCUT2D eigenvalue weighted by Gasteiger charge is 2.21. The lowest BCUT2D eigenvalue weighted by atomic mass is 10.1. The monoisotopic (exact) mass is 446 g/mol. The minimum atomic E-state index is -0.163. The van der Waals surface area contributed by atoms with Crippen molar-refractivity contribution in [3.05, 3.63) is 81.6 Å². The Bertz CT molecular complexity index is 1190. The molecule has 7 heteroatoms. The highest BCUT2D eigenvalue weighted by atomic mass is 16.5. The molecular formula is C26H30N4O3. The number of anilines is 1. The summed E-state index contributed by atoms with van der Waals surface area (Å²) in [6.07, 6.45) is 0.827. The SMILES string of the molecule is CCOc1ccc(C(=O)N2CCCN(c3ccc(=O)n(-c4ccc(C)c(C)c4)n3)CC2)cc1. The molecule has 1 aliphatic rings. The minimum Gasteiger partial charge on any atom is -0.494 e. The second-order valence-corrected chi connectivity index (χ2v) is 8.30. The molecule has 0 radical (unpaired) electrons. The van der Waals surface area contributed by atoms with Crippen LogP contribution in [0.3, 0.4) is 0 Å². The van der Waals surface area contributed by atoms with Gasteiger partial charge in [0.15, 0.2) is 0 Å². The second-order valence-electron chi connectivity index (χ2n) is 8.30. The van der Waals surface area contributed by atoms with E-state index in [9.17, 15) is 9.59 Å². The number of aryl methyl sites for hydroxylation is 2. The summed E-state index contributed by atoms with van der Waals surface area (Å²) >= 11 is 0. The van der Waals surface area contributed by atoms with Crippen molar-refractivity contribution in [1.29, 1.82) is 0 Å². The number of benzene rings is 2. The van der Waals surface area contributed by atoms with E-state index in [0.717, 1.165) is 35.8 Å². The van der Waals surface area contributed by atoms with Crippen LogP contribution < -0.4 is 15.2 Å². The van der Waals surface area contributed by atoms with Crippen molar-refractivity contribution >= 4 is 11.7 Å². The molecule has 3 aromatic rings. The number of aromatic nitrogens is 2. The minimum absolute atomic E-state index is 0.0213. The number of carbonyl (C=O) groups is 1. The molecule has 172 valence electrons. The molecule has 1 aliphatic heterocycles. The summed E-state index contributed by atoms with van der Waals surface area (Å²) < 4.78 is 6.92. The molecule has 0 aliphatic carbocycles. The zero-order valence-electron chi connectivity index (χ0n) is 19.5. The lowest BCUT2D eigenvalue weighted by Crippen LogP contribution is -2.36. The van der Waals surface area contributed by atoms with Gasteiger partial charge in [-0.05, 0) is 80.8 Å². The van der Waals surface area contributed by atoms with Crippen molar-refractivity contribution in [2.75, 3.05) is 37.7 Å². The van der Waals surface area contributed by atoms with Crippen LogP contribution in [0.15, 0.2) is 59.4 Å². The van der Waals surface area contributed by atoms with E-state index in [1.165, 1.54) is 10.2 Å². The molecule has 0 atom stereocenters. The number of amides is 1. The van der Waals surface area contributed by atoms with Gasteiger partial charge in [-0.3, -0.25) is 9.59 Å². The van der Waals surface area contributed by atoms with Crippen LogP contribution in [0.2, 0.25) is 0 Å². The third-order valence-electron chi connectivity index (χ3n) is 6.04. The van der Waals surface area contributed by atoms with E-state index in [1.807, 2.05) is 68.1 Å². The molecule has 0 bridgehead atoms. The van der Waals surface area contributed by atoms with Crippen molar-refractivity contribution in [3.63, 3.8) is 0 Å². The van der Waals surface area contributed by atoms with Gasteiger partial charge in [-0.15, -0.1) is 5.10 Å². The largest absolute Gasteiger partial charge is 0.494 e. The Kier molecular flexibility index (Phi) is 6.77. The van der Waals surface area contributed by atoms with Crippen LogP contribution in [-0.4, -0.2) is 53.4 Å². The molecule has 33 heavy (non-hydrogen) atoms. The summed E-state index contributed by atoms with van der Waals surface area (Å²) in [4.78, 5) is 29.5. The fraction of sp³-hybridized carbons (Fsp3) is 0.346. The van der Waals surface area contributed by atoms with Crippen LogP contribution in [0.1, 0.15) is 34.8 Å². The first-order valence-corrected chi connectivity index (χ1v) is 11.4. The molecule has 0 saturated carbocycles. The van der Waals surface area contributed by atoms with Crippen molar-refractivity contribution in [1.82, 2.24) is 14.7 Å². The zero-order chi connectivity index (χ0) is 23.4. The molecule has 1 amide bonds. The van der Waals surface area contributed by atoms with Crippen LogP contribution >= 0.6 is 0 Å². The summed E-state index contributed by atoms with van der Waals surface area (Å²) in [6, 6.07) is 16.5. The summed E-state index contributed by atoms with van der Waals surface area (Å²) in [5.41, 5.74) is 3.54. The maximum absolute atomic E-state index is 13.0. The first kappa shape index (κ1) is 22.6. The Labute approximate surface area is 194 Å². The van der Waals surface area contributed by atoms with Crippen molar-refractivity contribution < 1.29 is 9.53 Å². The van der Waals surface area contributed by atoms with Gasteiger partial charge in [0.1, 0.15) is 11.6 Å². The number of carbonyl (C=O) groups excluding carboxylic acids is 1. The fourth-order valence-corrected chi connectivity index (χ4v) is 4.01. The van der Waals surface area contributed by atoms with Gasteiger partial charge in [-0.2, -0.15) is 4.68 Å². The zero-order valence-corrected chi connectivity index (χ0v) is 19.5. The molecule has 2 aromatic carbocycles. The molecule has 1 aromatic heterocycles. The van der Waals surface area contributed by atoms with Crippen molar-refractivity contribution in [3.8, 4) is 11.4 Å². The van der Waals surface area contributed by atoms with Crippen molar-refractivity contribution in [2.45, 2.75) is 27.2 Å². The van der Waals surface area contributed by atoms with Gasteiger partial charge in [0.05, 0.1) is 12.3 Å². The van der Waals surface area contributed by atoms with Gasteiger partial charge in [-0.25, -0.2) is 0 Å². The maximum atomic E-state index is 13.0. The van der Waals surface area contributed by atoms with E-state index < -0.39 is 0 Å². The van der Waals surface area contributed by atoms with Crippen LogP contribution in [-0.2, 0) is 0 Å². The average Bonchev–Trinajstić information content (AvgIpc) is 3.08. The summed E-state index contributed by atoms with van der Waals surface area (Å²) in [6.45, 7) is 9.30. The van der Waals surface area contributed by atoms with Crippen LogP contribution in [0.4, 0.5) is 5.82 Å². The van der Waals surface area contributed by atoms with Gasteiger partial charge < -0.3 is 14.5 Å². The molecule has 2 heterocycles. The summed E-state index contributed by atoms with van der Waals surface area (Å²) in [7, 11) is 0. The van der Waals surface area contributed by atoms with Crippen LogP contribution in [0, 0.1) is 13.8 Å². The molecule has 0 spiro atoms. The number of hydrogen-bond acceptors (Lipinski definition) is 5. The Morgan fingerprint density at radius 3 is 2.45 bits per heavy atom. The predicted octanol–water partition coefficient (Wildman–Crippen LogP) is 3.60. The standard InChI is InChI=1S/C26H30N4O3/c1-4-33-23-10-7-21(8-11-23)26(32)29-15-5-14-28(16-17-29)24-12-13-25(31)30(27-24)22-9-6-19(2)20(3)18-22/h6-13,18H,4-5,14-17H2,1-3H3. The maximum Gasteiger partial charge on any atom is 0.271 e. The molecule has 0 unspecified atom stereocenters. The predicted molar refractivity (Wildman–Crippen MR) is 130 cm³/mol. The lowest BCUT2D eigenvalue weighted by molar-refractivity contribution is 0.0767. The average molecular weight is 447 g/mol. The van der Waals surface area contributed by atoms with Gasteiger partial charge in [0.25, 0.3) is 11.5 Å². The normalized spacial score (nSPS) is 14.2. The summed E-state index contributed by atoms with van der Waals surface area (Å²) in [5.74, 6) is 1.53. The van der Waals surface area contributed by atoms with E-state index in [4.69, 9.17) is 4.74 Å². The Hall–Kier alpha value is -3.61. The fourth-order valence-electron chi connectivity index (χ4n) is 4.01. The first-order valence-electron chi connectivity index (χ1n) is 11.4. The third-order valence-corrected chi connectivity index (χ3v) is 6.04. The Morgan fingerprint density at radius 1 is 0.939 bits per heavy atom. The molecule has 4 rings (SSSR count). The number of rotatable bonds is 5. The van der Waals surface area contributed by atoms with Gasteiger partial charge >= 0.3 is 0 Å². The van der Waals surface area contributed by atoms with Gasteiger partial charge in [0.2, 0.25) is 0 Å². The van der Waals surface area contributed by atoms with E-state index in [-0.39, 0.29) is 11.5 Å². The smallest absolute Gasteiger partial charge is 0.271 e. The molecule has 0 N–H and O–H groups in total. The highest BCUT2D eigenvalue weighted by molar-refractivity contribution is 5.94. The second kappa shape index (κ2) is 9.90. The summed E-state index contributed by atoms with van der Waals surface area (Å²) in [5, 5.41) is 4.65. The molecule has 1 saturated heterocycles. The highest BCUT2D eigenvalue weighted by Crippen LogP contribution is 2.18. The van der Waals surface area contributed by atoms with E-state index in [0.29, 0.717) is 31.8 Å². The first-order chi connectivity index (χ1) is 16.0. The number of nitrogens with zero attached hydrogens (tertiary/aromatic N) is 4. The van der Waals surface area contributed by atoms with E-state index in [1.54, 1.807) is 12.1 Å². The van der Waals surface area contributed by atoms with Crippen LogP contribution in [0.5, 0.6) is 5.75 Å². The quantitative estimate of drug-likeness (QED) is 0.599. The van der Waals surface area contributed by atoms with Gasteiger partial charge in [-0.1, -0.05) is 6.07 Å². The topological polar surface area (TPSA) is 67.7 Å².